The number of unbranched alkanes of at least 4 members (excludes halogenated alkanes) is 2. The van der Waals surface area contributed by atoms with Crippen LogP contribution >= 0.6 is 0 Å². The molecule has 6 nitrogen and oxygen atoms in total. The number of nitrogens with zero attached hydrogens (tertiary/aromatic N) is 1. The predicted octanol–water partition coefficient (Wildman–Crippen LogP) is 1.45. The third kappa shape index (κ3) is 4.57. The molecule has 0 spiro atoms. The molecule has 6 heteroatoms. The first kappa shape index (κ1) is 14.2. The van der Waals surface area contributed by atoms with Crippen LogP contribution in [-0.4, -0.2) is 30.7 Å². The van der Waals surface area contributed by atoms with E-state index in [4.69, 9.17) is 4.52 Å². The molecule has 0 unspecified atom stereocenters. The van der Waals surface area contributed by atoms with Crippen molar-refractivity contribution >= 4 is 11.9 Å². The molecule has 1 rings (SSSR count). The van der Waals surface area contributed by atoms with Crippen LogP contribution in [-0.2, 0) is 9.53 Å². The lowest BCUT2D eigenvalue weighted by molar-refractivity contribution is -0.140. The van der Waals surface area contributed by atoms with Crippen molar-refractivity contribution in [3.05, 3.63) is 17.5 Å². The molecule has 1 N–H and O–H groups in total. The quantitative estimate of drug-likeness (QED) is 0.588. The van der Waals surface area contributed by atoms with Crippen molar-refractivity contribution in [2.45, 2.75) is 32.6 Å². The number of ether oxygens (including phenoxy) is 1. The Labute approximate surface area is 106 Å². The first-order chi connectivity index (χ1) is 8.65. The number of hydrogen-bond acceptors (Lipinski definition) is 5. The van der Waals surface area contributed by atoms with Crippen molar-refractivity contribution in [3.8, 4) is 0 Å². The summed E-state index contributed by atoms with van der Waals surface area (Å²) in [5.74, 6) is 0.138. The number of carbonyl (C=O) groups is 2. The molecule has 0 saturated heterocycles. The highest BCUT2D eigenvalue weighted by molar-refractivity contribution is 5.94. The number of esters is 1. The van der Waals surface area contributed by atoms with Crippen molar-refractivity contribution in [2.75, 3.05) is 13.7 Å². The van der Waals surface area contributed by atoms with E-state index in [1.54, 1.807) is 6.92 Å². The van der Waals surface area contributed by atoms with Crippen LogP contribution in [0.25, 0.3) is 0 Å². The van der Waals surface area contributed by atoms with E-state index >= 15 is 0 Å². The van der Waals surface area contributed by atoms with Gasteiger partial charge in [-0.15, -0.1) is 0 Å². The van der Waals surface area contributed by atoms with Crippen molar-refractivity contribution in [1.82, 2.24) is 10.5 Å². The molecule has 0 aliphatic heterocycles. The molecule has 0 aliphatic rings. The standard InChI is InChI=1S/C12H18N2O4/c1-9-10(8-14-18-9)12(16)13-7-5-3-4-6-11(15)17-2/h8H,3-7H2,1-2H3,(H,13,16). The Bertz CT molecular complexity index is 401. The molecule has 0 aromatic carbocycles. The Balaban J connectivity index is 2.10. The molecule has 1 heterocycles. The highest BCUT2D eigenvalue weighted by Gasteiger charge is 2.11. The van der Waals surface area contributed by atoms with E-state index in [1.165, 1.54) is 13.3 Å². The number of nitrogens with one attached hydrogen (secondary N) is 1. The second kappa shape index (κ2) is 7.47. The van der Waals surface area contributed by atoms with E-state index in [0.717, 1.165) is 19.3 Å². The van der Waals surface area contributed by atoms with Gasteiger partial charge in [-0.05, 0) is 19.8 Å². The van der Waals surface area contributed by atoms with Gasteiger partial charge < -0.3 is 14.6 Å². The molecular weight excluding hydrogens is 236 g/mol. The maximum Gasteiger partial charge on any atom is 0.305 e. The summed E-state index contributed by atoms with van der Waals surface area (Å²) in [4.78, 5) is 22.5. The summed E-state index contributed by atoms with van der Waals surface area (Å²) >= 11 is 0. The molecule has 0 saturated carbocycles. The second-order valence-electron chi connectivity index (χ2n) is 3.94. The van der Waals surface area contributed by atoms with Crippen LogP contribution in [0, 0.1) is 6.92 Å². The van der Waals surface area contributed by atoms with Gasteiger partial charge in [0.1, 0.15) is 11.3 Å². The summed E-state index contributed by atoms with van der Waals surface area (Å²) in [5, 5.41) is 6.31. The highest BCUT2D eigenvalue weighted by atomic mass is 16.5. The molecule has 1 amide bonds. The van der Waals surface area contributed by atoms with E-state index in [2.05, 4.69) is 15.2 Å². The molecule has 1 aromatic heterocycles. The van der Waals surface area contributed by atoms with Gasteiger partial charge in [-0.3, -0.25) is 9.59 Å². The van der Waals surface area contributed by atoms with Crippen LogP contribution in [0.1, 0.15) is 41.8 Å². The first-order valence-corrected chi connectivity index (χ1v) is 5.91. The first-order valence-electron chi connectivity index (χ1n) is 5.91. The summed E-state index contributed by atoms with van der Waals surface area (Å²) in [5.41, 5.74) is 0.463. The fourth-order valence-electron chi connectivity index (χ4n) is 1.49. The molecule has 100 valence electrons. The monoisotopic (exact) mass is 254 g/mol. The van der Waals surface area contributed by atoms with Crippen LogP contribution < -0.4 is 5.32 Å². The molecule has 0 aliphatic carbocycles. The van der Waals surface area contributed by atoms with Crippen LogP contribution in [0.2, 0.25) is 0 Å². The Morgan fingerprint density at radius 1 is 1.39 bits per heavy atom. The average molecular weight is 254 g/mol. The highest BCUT2D eigenvalue weighted by Crippen LogP contribution is 2.05. The average Bonchev–Trinajstić information content (AvgIpc) is 2.79. The Kier molecular flexibility index (Phi) is 5.90. The van der Waals surface area contributed by atoms with Crippen molar-refractivity contribution < 1.29 is 18.8 Å². The molecule has 0 fully saturated rings. The van der Waals surface area contributed by atoms with Gasteiger partial charge in [0.25, 0.3) is 5.91 Å². The maximum atomic E-state index is 11.6. The molecule has 1 aromatic rings. The third-order valence-corrected chi connectivity index (χ3v) is 2.57. The third-order valence-electron chi connectivity index (χ3n) is 2.57. The number of methoxy groups -OCH3 is 1. The second-order valence-corrected chi connectivity index (χ2v) is 3.94. The van der Waals surface area contributed by atoms with Gasteiger partial charge in [-0.25, -0.2) is 0 Å². The van der Waals surface area contributed by atoms with E-state index in [-0.39, 0.29) is 11.9 Å². The zero-order valence-corrected chi connectivity index (χ0v) is 10.7. The molecule has 0 radical (unpaired) electrons. The van der Waals surface area contributed by atoms with Crippen molar-refractivity contribution in [3.63, 3.8) is 0 Å². The maximum absolute atomic E-state index is 11.6. The lowest BCUT2D eigenvalue weighted by atomic mass is 10.2. The summed E-state index contributed by atoms with van der Waals surface area (Å²) in [7, 11) is 1.38. The Hall–Kier alpha value is -1.85. The Morgan fingerprint density at radius 3 is 2.78 bits per heavy atom. The van der Waals surface area contributed by atoms with E-state index in [0.29, 0.717) is 24.3 Å². The van der Waals surface area contributed by atoms with Crippen molar-refractivity contribution in [1.29, 1.82) is 0 Å². The normalized spacial score (nSPS) is 10.1. The van der Waals surface area contributed by atoms with Gasteiger partial charge in [0.2, 0.25) is 0 Å². The van der Waals surface area contributed by atoms with Crippen molar-refractivity contribution in [2.24, 2.45) is 0 Å². The minimum absolute atomic E-state index is 0.179. The number of aryl methyl sites for hydroxylation is 1. The van der Waals surface area contributed by atoms with Crippen LogP contribution in [0.4, 0.5) is 0 Å². The van der Waals surface area contributed by atoms with E-state index in [9.17, 15) is 9.59 Å². The van der Waals surface area contributed by atoms with Crippen LogP contribution in [0.5, 0.6) is 0 Å². The van der Waals surface area contributed by atoms with Gasteiger partial charge in [-0.2, -0.15) is 0 Å². The topological polar surface area (TPSA) is 81.4 Å². The number of aromatic nitrogens is 1. The van der Waals surface area contributed by atoms with Gasteiger partial charge in [0.05, 0.1) is 13.3 Å². The summed E-state index contributed by atoms with van der Waals surface area (Å²) in [6, 6.07) is 0. The smallest absolute Gasteiger partial charge is 0.305 e. The lowest BCUT2D eigenvalue weighted by Crippen LogP contribution is -2.24. The van der Waals surface area contributed by atoms with Gasteiger partial charge in [0, 0.05) is 13.0 Å². The van der Waals surface area contributed by atoms with Gasteiger partial charge in [0.15, 0.2) is 0 Å². The van der Waals surface area contributed by atoms with Gasteiger partial charge in [-0.1, -0.05) is 11.6 Å². The predicted molar refractivity (Wildman–Crippen MR) is 64.1 cm³/mol. The molecule has 0 atom stereocenters. The van der Waals surface area contributed by atoms with Crippen LogP contribution in [0.15, 0.2) is 10.7 Å². The van der Waals surface area contributed by atoms with E-state index < -0.39 is 0 Å². The minimum atomic E-state index is -0.195. The number of hydrogen-bond donors (Lipinski definition) is 1. The minimum Gasteiger partial charge on any atom is -0.469 e. The van der Waals surface area contributed by atoms with Gasteiger partial charge >= 0.3 is 5.97 Å². The van der Waals surface area contributed by atoms with E-state index in [1.807, 2.05) is 0 Å². The zero-order chi connectivity index (χ0) is 13.4. The zero-order valence-electron chi connectivity index (χ0n) is 10.7. The number of amides is 1. The summed E-state index contributed by atoms with van der Waals surface area (Å²) < 4.78 is 9.34. The fourth-order valence-corrected chi connectivity index (χ4v) is 1.49. The number of rotatable bonds is 7. The lowest BCUT2D eigenvalue weighted by Gasteiger charge is -2.03. The molecule has 0 bridgehead atoms. The number of carbonyl (C=O) groups excluding carboxylic acids is 2. The summed E-state index contributed by atoms with van der Waals surface area (Å²) in [6.07, 6.45) is 4.30. The fraction of sp³-hybridized carbons (Fsp3) is 0.583. The van der Waals surface area contributed by atoms with Crippen LogP contribution in [0.3, 0.4) is 0 Å². The SMILES string of the molecule is COC(=O)CCCCCNC(=O)c1cnoc1C. The largest absolute Gasteiger partial charge is 0.469 e. The molecule has 18 heavy (non-hydrogen) atoms. The molecular formula is C12H18N2O4. The summed E-state index contributed by atoms with van der Waals surface area (Å²) in [6.45, 7) is 2.27. The Morgan fingerprint density at radius 2 is 2.17 bits per heavy atom.